The second-order valence-corrected chi connectivity index (χ2v) is 3.73. The van der Waals surface area contributed by atoms with Crippen LogP contribution >= 0.6 is 11.8 Å². The number of halogens is 1. The maximum atomic E-state index is 13.5. The van der Waals surface area contributed by atoms with Crippen LogP contribution in [-0.2, 0) is 0 Å². The number of carbonyl (C=O) groups is 1. The van der Waals surface area contributed by atoms with Gasteiger partial charge in [-0.25, -0.2) is 4.39 Å². The van der Waals surface area contributed by atoms with Crippen LogP contribution in [0, 0.1) is 12.7 Å². The van der Waals surface area contributed by atoms with Gasteiger partial charge >= 0.3 is 0 Å². The first kappa shape index (κ1) is 10.3. The number of hydrogen-bond acceptors (Lipinski definition) is 2. The Labute approximate surface area is 81.3 Å². The molecule has 1 rings (SSSR count). The Kier molecular flexibility index (Phi) is 3.09. The summed E-state index contributed by atoms with van der Waals surface area (Å²) >= 11 is 1.31. The molecule has 1 aromatic rings. The van der Waals surface area contributed by atoms with Crippen LogP contribution in [0.1, 0.15) is 22.8 Å². The van der Waals surface area contributed by atoms with Gasteiger partial charge in [0.05, 0.1) is 5.56 Å². The molecule has 0 atom stereocenters. The van der Waals surface area contributed by atoms with Gasteiger partial charge in [-0.3, -0.25) is 4.79 Å². The Bertz CT molecular complexity index is 347. The van der Waals surface area contributed by atoms with Crippen LogP contribution in [0.25, 0.3) is 0 Å². The largest absolute Gasteiger partial charge is 0.294 e. The summed E-state index contributed by atoms with van der Waals surface area (Å²) in [5.74, 6) is -0.623. The van der Waals surface area contributed by atoms with Gasteiger partial charge in [0, 0.05) is 4.90 Å². The summed E-state index contributed by atoms with van der Waals surface area (Å²) in [4.78, 5) is 11.6. The van der Waals surface area contributed by atoms with Crippen LogP contribution in [0.5, 0.6) is 0 Å². The van der Waals surface area contributed by atoms with Crippen LogP contribution in [0.2, 0.25) is 0 Å². The Morgan fingerprint density at radius 1 is 1.46 bits per heavy atom. The molecule has 0 aliphatic rings. The van der Waals surface area contributed by atoms with Crippen LogP contribution < -0.4 is 0 Å². The van der Waals surface area contributed by atoms with E-state index in [2.05, 4.69) is 0 Å². The van der Waals surface area contributed by atoms with Crippen molar-refractivity contribution in [2.75, 3.05) is 6.26 Å². The molecule has 0 radical (unpaired) electrons. The molecule has 0 fully saturated rings. The number of rotatable bonds is 2. The molecule has 0 N–H and O–H groups in total. The zero-order valence-electron chi connectivity index (χ0n) is 7.85. The fraction of sp³-hybridized carbons (Fsp3) is 0.300. The van der Waals surface area contributed by atoms with Crippen LogP contribution in [0.4, 0.5) is 4.39 Å². The van der Waals surface area contributed by atoms with Gasteiger partial charge < -0.3 is 0 Å². The number of Topliss-reactive ketones (excluding diaryl/α,β-unsaturated/α-hetero) is 1. The van der Waals surface area contributed by atoms with Crippen molar-refractivity contribution < 1.29 is 9.18 Å². The van der Waals surface area contributed by atoms with Crippen LogP contribution in [0.3, 0.4) is 0 Å². The molecule has 0 bridgehead atoms. The van der Waals surface area contributed by atoms with E-state index in [9.17, 15) is 9.18 Å². The molecule has 0 aromatic heterocycles. The highest BCUT2D eigenvalue weighted by atomic mass is 32.2. The molecule has 0 saturated heterocycles. The van der Waals surface area contributed by atoms with Crippen molar-refractivity contribution >= 4 is 17.5 Å². The van der Waals surface area contributed by atoms with Crippen molar-refractivity contribution in [2.24, 2.45) is 0 Å². The van der Waals surface area contributed by atoms with Crippen LogP contribution in [0.15, 0.2) is 17.0 Å². The Morgan fingerprint density at radius 2 is 2.08 bits per heavy atom. The molecule has 0 amide bonds. The standard InChI is InChI=1S/C10H11FOS/c1-6-4-8(7(2)12)10(11)9(5-6)13-3/h4-5H,1-3H3. The van der Waals surface area contributed by atoms with Crippen molar-refractivity contribution in [3.8, 4) is 0 Å². The smallest absolute Gasteiger partial charge is 0.162 e. The lowest BCUT2D eigenvalue weighted by molar-refractivity contribution is 0.101. The summed E-state index contributed by atoms with van der Waals surface area (Å²) in [7, 11) is 0. The molecule has 0 aliphatic carbocycles. The molecule has 0 heterocycles. The fourth-order valence-electron chi connectivity index (χ4n) is 1.14. The minimum absolute atomic E-state index is 0.185. The third-order valence-corrected chi connectivity index (χ3v) is 2.52. The Morgan fingerprint density at radius 3 is 2.54 bits per heavy atom. The second kappa shape index (κ2) is 3.92. The number of benzene rings is 1. The predicted molar refractivity (Wildman–Crippen MR) is 52.9 cm³/mol. The van der Waals surface area contributed by atoms with Crippen molar-refractivity contribution in [2.45, 2.75) is 18.7 Å². The topological polar surface area (TPSA) is 17.1 Å². The van der Waals surface area contributed by atoms with Crippen LogP contribution in [-0.4, -0.2) is 12.0 Å². The molecule has 1 aromatic carbocycles. The third kappa shape index (κ3) is 2.10. The third-order valence-electron chi connectivity index (χ3n) is 1.78. The summed E-state index contributed by atoms with van der Waals surface area (Å²) in [6.45, 7) is 3.23. The van der Waals surface area contributed by atoms with E-state index in [0.717, 1.165) is 5.56 Å². The molecule has 3 heteroatoms. The van der Waals surface area contributed by atoms with Gasteiger partial charge in [-0.2, -0.15) is 0 Å². The molecule has 70 valence electrons. The van der Waals surface area contributed by atoms with Gasteiger partial charge in [0.1, 0.15) is 5.82 Å². The molecule has 1 nitrogen and oxygen atoms in total. The first-order chi connectivity index (χ1) is 6.06. The van der Waals surface area contributed by atoms with Crippen molar-refractivity contribution in [1.29, 1.82) is 0 Å². The SMILES string of the molecule is CSc1cc(C)cc(C(C)=O)c1F. The first-order valence-electron chi connectivity index (χ1n) is 3.91. The van der Waals surface area contributed by atoms with Gasteiger partial charge in [0.25, 0.3) is 0 Å². The lowest BCUT2D eigenvalue weighted by atomic mass is 10.1. The molecular formula is C10H11FOS. The quantitative estimate of drug-likeness (QED) is 0.536. The van der Waals surface area contributed by atoms with E-state index in [-0.39, 0.29) is 11.3 Å². The van der Waals surface area contributed by atoms with Gasteiger partial charge in [-0.15, -0.1) is 11.8 Å². The molecule has 0 unspecified atom stereocenters. The summed E-state index contributed by atoms with van der Waals surface area (Å²) < 4.78 is 13.5. The minimum Gasteiger partial charge on any atom is -0.294 e. The van der Waals surface area contributed by atoms with E-state index in [1.54, 1.807) is 18.4 Å². The summed E-state index contributed by atoms with van der Waals surface area (Å²) in [5.41, 5.74) is 1.10. The Balaban J connectivity index is 3.35. The van der Waals surface area contributed by atoms with E-state index in [4.69, 9.17) is 0 Å². The molecule has 0 saturated carbocycles. The second-order valence-electron chi connectivity index (χ2n) is 2.88. The maximum Gasteiger partial charge on any atom is 0.162 e. The lowest BCUT2D eigenvalue weighted by Crippen LogP contribution is -1.99. The van der Waals surface area contributed by atoms with Gasteiger partial charge in [-0.05, 0) is 37.8 Å². The van der Waals surface area contributed by atoms with E-state index in [0.29, 0.717) is 4.90 Å². The lowest BCUT2D eigenvalue weighted by Gasteiger charge is -2.05. The monoisotopic (exact) mass is 198 g/mol. The molecule has 0 spiro atoms. The molecule has 13 heavy (non-hydrogen) atoms. The van der Waals surface area contributed by atoms with E-state index in [1.807, 2.05) is 6.92 Å². The first-order valence-corrected chi connectivity index (χ1v) is 5.13. The van der Waals surface area contributed by atoms with E-state index in [1.165, 1.54) is 18.7 Å². The number of hydrogen-bond donors (Lipinski definition) is 0. The van der Waals surface area contributed by atoms with Crippen molar-refractivity contribution in [1.82, 2.24) is 0 Å². The number of thioether (sulfide) groups is 1. The zero-order valence-corrected chi connectivity index (χ0v) is 8.67. The molecule has 0 aliphatic heterocycles. The van der Waals surface area contributed by atoms with Crippen molar-refractivity contribution in [3.05, 3.63) is 29.1 Å². The zero-order chi connectivity index (χ0) is 10.0. The highest BCUT2D eigenvalue weighted by Crippen LogP contribution is 2.24. The van der Waals surface area contributed by atoms with E-state index >= 15 is 0 Å². The van der Waals surface area contributed by atoms with Gasteiger partial charge in [0.2, 0.25) is 0 Å². The van der Waals surface area contributed by atoms with Gasteiger partial charge in [0.15, 0.2) is 5.78 Å². The number of carbonyl (C=O) groups excluding carboxylic acids is 1. The van der Waals surface area contributed by atoms with Gasteiger partial charge in [-0.1, -0.05) is 0 Å². The van der Waals surface area contributed by atoms with E-state index < -0.39 is 5.82 Å². The molecular weight excluding hydrogens is 187 g/mol. The highest BCUT2D eigenvalue weighted by molar-refractivity contribution is 7.98. The maximum absolute atomic E-state index is 13.5. The normalized spacial score (nSPS) is 10.2. The fourth-order valence-corrected chi connectivity index (χ4v) is 1.73. The average molecular weight is 198 g/mol. The minimum atomic E-state index is -0.398. The Hall–Kier alpha value is -0.830. The summed E-state index contributed by atoms with van der Waals surface area (Å²) in [6.07, 6.45) is 1.79. The summed E-state index contributed by atoms with van der Waals surface area (Å²) in [6, 6.07) is 3.32. The average Bonchev–Trinajstić information content (AvgIpc) is 2.08. The van der Waals surface area contributed by atoms with Crippen molar-refractivity contribution in [3.63, 3.8) is 0 Å². The predicted octanol–water partition coefficient (Wildman–Crippen LogP) is 3.06. The highest BCUT2D eigenvalue weighted by Gasteiger charge is 2.11. The number of aryl methyl sites for hydroxylation is 1. The number of ketones is 1. The summed E-state index contributed by atoms with van der Waals surface area (Å²) in [5, 5.41) is 0.